The second kappa shape index (κ2) is 6.18. The van der Waals surface area contributed by atoms with Gasteiger partial charge in [0.15, 0.2) is 0 Å². The molecule has 2 rings (SSSR count). The molecule has 0 saturated carbocycles. The van der Waals surface area contributed by atoms with E-state index in [1.165, 1.54) is 36.8 Å². The lowest BCUT2D eigenvalue weighted by atomic mass is 9.96. The zero-order valence-corrected chi connectivity index (χ0v) is 11.0. The molecule has 1 aromatic rings. The zero-order chi connectivity index (χ0) is 12.1. The van der Waals surface area contributed by atoms with Crippen molar-refractivity contribution in [1.82, 2.24) is 10.6 Å². The molecule has 0 radical (unpaired) electrons. The zero-order valence-electron chi connectivity index (χ0n) is 11.0. The van der Waals surface area contributed by atoms with Crippen LogP contribution in [0.2, 0.25) is 0 Å². The van der Waals surface area contributed by atoms with Crippen molar-refractivity contribution in [2.75, 3.05) is 13.6 Å². The highest BCUT2D eigenvalue weighted by molar-refractivity contribution is 5.26. The van der Waals surface area contributed by atoms with Crippen LogP contribution >= 0.6 is 0 Å². The number of hydrogen-bond acceptors (Lipinski definition) is 2. The van der Waals surface area contributed by atoms with Gasteiger partial charge in [0.05, 0.1) is 0 Å². The Kier molecular flexibility index (Phi) is 4.57. The van der Waals surface area contributed by atoms with Gasteiger partial charge in [-0.25, -0.2) is 0 Å². The maximum Gasteiger partial charge on any atom is 0.0473 e. The second-order valence-electron chi connectivity index (χ2n) is 4.96. The van der Waals surface area contributed by atoms with E-state index >= 15 is 0 Å². The van der Waals surface area contributed by atoms with E-state index in [1.54, 1.807) is 0 Å². The first-order chi connectivity index (χ1) is 8.35. The molecule has 2 heteroatoms. The summed E-state index contributed by atoms with van der Waals surface area (Å²) < 4.78 is 0. The standard InChI is InChI=1S/C15H24N2/c1-3-5-12-7-9-13(10-8-12)15(16-2)14-6-4-11-17-14/h7-10,14-17H,3-6,11H2,1-2H3. The fourth-order valence-electron chi connectivity index (χ4n) is 2.78. The Morgan fingerprint density at radius 2 is 2.12 bits per heavy atom. The topological polar surface area (TPSA) is 24.1 Å². The highest BCUT2D eigenvalue weighted by Gasteiger charge is 2.24. The van der Waals surface area contributed by atoms with Crippen LogP contribution in [0.3, 0.4) is 0 Å². The van der Waals surface area contributed by atoms with Crippen LogP contribution < -0.4 is 10.6 Å². The lowest BCUT2D eigenvalue weighted by molar-refractivity contribution is 0.440. The van der Waals surface area contributed by atoms with E-state index in [4.69, 9.17) is 0 Å². The van der Waals surface area contributed by atoms with Crippen LogP contribution in [-0.2, 0) is 6.42 Å². The molecule has 2 atom stereocenters. The summed E-state index contributed by atoms with van der Waals surface area (Å²) in [4.78, 5) is 0. The van der Waals surface area contributed by atoms with Crippen molar-refractivity contribution in [3.05, 3.63) is 35.4 Å². The minimum Gasteiger partial charge on any atom is -0.312 e. The van der Waals surface area contributed by atoms with Crippen LogP contribution in [0.15, 0.2) is 24.3 Å². The molecule has 2 unspecified atom stereocenters. The van der Waals surface area contributed by atoms with Gasteiger partial charge < -0.3 is 10.6 Å². The first-order valence-electron chi connectivity index (χ1n) is 6.84. The van der Waals surface area contributed by atoms with Crippen molar-refractivity contribution in [3.63, 3.8) is 0 Å². The molecule has 0 aromatic heterocycles. The lowest BCUT2D eigenvalue weighted by Crippen LogP contribution is -2.36. The van der Waals surface area contributed by atoms with Crippen LogP contribution in [0.4, 0.5) is 0 Å². The fourth-order valence-corrected chi connectivity index (χ4v) is 2.78. The number of nitrogens with one attached hydrogen (secondary N) is 2. The molecule has 1 aliphatic heterocycles. The van der Waals surface area contributed by atoms with Gasteiger partial charge in [-0.1, -0.05) is 37.6 Å². The minimum atomic E-state index is 0.452. The van der Waals surface area contributed by atoms with Crippen LogP contribution in [-0.4, -0.2) is 19.6 Å². The summed E-state index contributed by atoms with van der Waals surface area (Å²) in [5.41, 5.74) is 2.86. The third-order valence-corrected chi connectivity index (χ3v) is 3.69. The average molecular weight is 232 g/mol. The molecule has 2 nitrogen and oxygen atoms in total. The van der Waals surface area contributed by atoms with E-state index in [9.17, 15) is 0 Å². The minimum absolute atomic E-state index is 0.452. The molecule has 0 aliphatic carbocycles. The van der Waals surface area contributed by atoms with Gasteiger partial charge in [0.2, 0.25) is 0 Å². The highest BCUT2D eigenvalue weighted by atomic mass is 15.0. The van der Waals surface area contributed by atoms with Crippen molar-refractivity contribution in [1.29, 1.82) is 0 Å². The van der Waals surface area contributed by atoms with Gasteiger partial charge in [-0.3, -0.25) is 0 Å². The fraction of sp³-hybridized carbons (Fsp3) is 0.600. The Labute approximate surface area is 105 Å². The van der Waals surface area contributed by atoms with E-state index in [0.717, 1.165) is 6.54 Å². The first kappa shape index (κ1) is 12.6. The molecular formula is C15H24N2. The number of likely N-dealkylation sites (N-methyl/N-ethyl adjacent to an activating group) is 1. The number of hydrogen-bond donors (Lipinski definition) is 2. The molecule has 1 saturated heterocycles. The molecule has 2 N–H and O–H groups in total. The van der Waals surface area contributed by atoms with Gasteiger partial charge in [0.25, 0.3) is 0 Å². The molecule has 0 spiro atoms. The molecule has 0 bridgehead atoms. The van der Waals surface area contributed by atoms with E-state index in [1.807, 2.05) is 0 Å². The summed E-state index contributed by atoms with van der Waals surface area (Å²) in [6.45, 7) is 3.39. The largest absolute Gasteiger partial charge is 0.312 e. The normalized spacial score (nSPS) is 21.6. The van der Waals surface area contributed by atoms with Gasteiger partial charge in [0.1, 0.15) is 0 Å². The summed E-state index contributed by atoms with van der Waals surface area (Å²) in [7, 11) is 2.06. The van der Waals surface area contributed by atoms with Crippen molar-refractivity contribution in [2.24, 2.45) is 0 Å². The van der Waals surface area contributed by atoms with Crippen LogP contribution in [0.25, 0.3) is 0 Å². The molecule has 1 fully saturated rings. The SMILES string of the molecule is CCCc1ccc(C(NC)C2CCCN2)cc1. The molecular weight excluding hydrogens is 208 g/mol. The third-order valence-electron chi connectivity index (χ3n) is 3.69. The second-order valence-corrected chi connectivity index (χ2v) is 4.96. The Bertz CT molecular complexity index is 325. The Balaban J connectivity index is 2.07. The summed E-state index contributed by atoms with van der Waals surface area (Å²) in [6.07, 6.45) is 4.99. The average Bonchev–Trinajstić information content (AvgIpc) is 2.86. The molecule has 1 aliphatic rings. The van der Waals surface area contributed by atoms with E-state index < -0.39 is 0 Å². The van der Waals surface area contributed by atoms with Crippen molar-refractivity contribution in [3.8, 4) is 0 Å². The maximum absolute atomic E-state index is 3.58. The van der Waals surface area contributed by atoms with Crippen molar-refractivity contribution >= 4 is 0 Å². The Hall–Kier alpha value is -0.860. The van der Waals surface area contributed by atoms with Crippen LogP contribution in [0, 0.1) is 0 Å². The van der Waals surface area contributed by atoms with Crippen molar-refractivity contribution < 1.29 is 0 Å². The summed E-state index contributed by atoms with van der Waals surface area (Å²) >= 11 is 0. The predicted octanol–water partition coefficient (Wildman–Crippen LogP) is 2.65. The highest BCUT2D eigenvalue weighted by Crippen LogP contribution is 2.23. The molecule has 1 heterocycles. The number of benzene rings is 1. The van der Waals surface area contributed by atoms with Crippen LogP contribution in [0.1, 0.15) is 43.4 Å². The van der Waals surface area contributed by atoms with Crippen molar-refractivity contribution in [2.45, 2.75) is 44.7 Å². The molecule has 1 aromatic carbocycles. The number of rotatable bonds is 5. The summed E-state index contributed by atoms with van der Waals surface area (Å²) in [5.74, 6) is 0. The monoisotopic (exact) mass is 232 g/mol. The van der Waals surface area contributed by atoms with E-state index in [0.29, 0.717) is 12.1 Å². The number of aryl methyl sites for hydroxylation is 1. The third kappa shape index (κ3) is 3.08. The summed E-state index contributed by atoms with van der Waals surface area (Å²) in [6, 6.07) is 10.2. The lowest BCUT2D eigenvalue weighted by Gasteiger charge is -2.24. The Morgan fingerprint density at radius 1 is 1.35 bits per heavy atom. The predicted molar refractivity (Wildman–Crippen MR) is 73.3 cm³/mol. The van der Waals surface area contributed by atoms with Gasteiger partial charge in [-0.15, -0.1) is 0 Å². The maximum atomic E-state index is 3.58. The quantitative estimate of drug-likeness (QED) is 0.815. The molecule has 17 heavy (non-hydrogen) atoms. The van der Waals surface area contributed by atoms with Gasteiger partial charge >= 0.3 is 0 Å². The van der Waals surface area contributed by atoms with Gasteiger partial charge in [-0.05, 0) is 44.0 Å². The summed E-state index contributed by atoms with van der Waals surface area (Å²) in [5, 5.41) is 7.03. The first-order valence-corrected chi connectivity index (χ1v) is 6.84. The van der Waals surface area contributed by atoms with E-state index in [-0.39, 0.29) is 0 Å². The Morgan fingerprint density at radius 3 is 2.65 bits per heavy atom. The van der Waals surface area contributed by atoms with Gasteiger partial charge in [0, 0.05) is 12.1 Å². The smallest absolute Gasteiger partial charge is 0.0473 e. The molecule has 0 amide bonds. The molecule has 94 valence electrons. The van der Waals surface area contributed by atoms with Crippen LogP contribution in [0.5, 0.6) is 0 Å². The van der Waals surface area contributed by atoms with Gasteiger partial charge in [-0.2, -0.15) is 0 Å². The van der Waals surface area contributed by atoms with E-state index in [2.05, 4.69) is 48.9 Å².